The van der Waals surface area contributed by atoms with Gasteiger partial charge in [0.05, 0.1) is 24.2 Å². The highest BCUT2D eigenvalue weighted by atomic mass is 19.4. The van der Waals surface area contributed by atoms with Crippen molar-refractivity contribution < 1.29 is 18.0 Å². The van der Waals surface area contributed by atoms with Gasteiger partial charge < -0.3 is 4.90 Å². The Morgan fingerprint density at radius 1 is 1.35 bits per heavy atom. The predicted molar refractivity (Wildman–Crippen MR) is 71.2 cm³/mol. The molecule has 3 rings (SSSR count). The van der Waals surface area contributed by atoms with Gasteiger partial charge >= 0.3 is 11.9 Å². The lowest BCUT2D eigenvalue weighted by molar-refractivity contribution is -0.138. The third kappa shape index (κ3) is 3.10. The number of nitrogens with one attached hydrogen (secondary N) is 1. The fourth-order valence-corrected chi connectivity index (χ4v) is 2.40. The van der Waals surface area contributed by atoms with E-state index in [1.54, 1.807) is 0 Å². The summed E-state index contributed by atoms with van der Waals surface area (Å²) >= 11 is 0. The van der Waals surface area contributed by atoms with E-state index in [1.165, 1.54) is 9.47 Å². The number of hydrogen-bond acceptors (Lipinski definition) is 4. The van der Waals surface area contributed by atoms with E-state index in [0.717, 1.165) is 18.3 Å². The van der Waals surface area contributed by atoms with Crippen LogP contribution in [0.5, 0.6) is 0 Å². The molecule has 0 bridgehead atoms. The summed E-state index contributed by atoms with van der Waals surface area (Å²) in [5.41, 5.74) is -1.13. The Labute approximate surface area is 127 Å². The predicted octanol–water partition coefficient (Wildman–Crippen LogP) is 0.570. The van der Waals surface area contributed by atoms with Crippen LogP contribution in [0.3, 0.4) is 0 Å². The van der Waals surface area contributed by atoms with Crippen molar-refractivity contribution in [3.05, 3.63) is 45.9 Å². The molecule has 3 heterocycles. The molecule has 1 N–H and O–H groups in total. The van der Waals surface area contributed by atoms with Crippen molar-refractivity contribution in [1.29, 1.82) is 0 Å². The average molecular weight is 327 g/mol. The van der Waals surface area contributed by atoms with Crippen LogP contribution < -0.4 is 5.69 Å². The fraction of sp³-hybridized carbons (Fsp3) is 0.385. The zero-order valence-electron chi connectivity index (χ0n) is 11.8. The molecule has 23 heavy (non-hydrogen) atoms. The molecule has 1 aliphatic rings. The first-order valence-corrected chi connectivity index (χ1v) is 6.78. The third-order valence-corrected chi connectivity index (χ3v) is 3.59. The molecule has 0 radical (unpaired) electrons. The van der Waals surface area contributed by atoms with Crippen molar-refractivity contribution in [2.45, 2.75) is 25.7 Å². The monoisotopic (exact) mass is 327 g/mol. The number of fused-ring (bicyclic) bond motifs is 1. The van der Waals surface area contributed by atoms with Gasteiger partial charge in [-0.15, -0.1) is 0 Å². The Morgan fingerprint density at radius 3 is 2.87 bits per heavy atom. The van der Waals surface area contributed by atoms with Crippen LogP contribution in [0.1, 0.15) is 17.1 Å². The van der Waals surface area contributed by atoms with E-state index in [1.807, 2.05) is 0 Å². The molecule has 10 heteroatoms. The number of nitrogens with zero attached hydrogens (tertiary/aromatic N) is 4. The summed E-state index contributed by atoms with van der Waals surface area (Å²) < 4.78 is 39.4. The first-order valence-electron chi connectivity index (χ1n) is 6.78. The molecule has 1 amide bonds. The summed E-state index contributed by atoms with van der Waals surface area (Å²) in [4.78, 5) is 28.9. The highest BCUT2D eigenvalue weighted by Gasteiger charge is 2.31. The highest BCUT2D eigenvalue weighted by Crippen LogP contribution is 2.29. The number of alkyl halides is 3. The van der Waals surface area contributed by atoms with E-state index in [2.05, 4.69) is 15.2 Å². The summed E-state index contributed by atoms with van der Waals surface area (Å²) in [6, 6.07) is 1.73. The van der Waals surface area contributed by atoms with Crippen LogP contribution in [0.2, 0.25) is 0 Å². The topological polar surface area (TPSA) is 83.9 Å². The maximum Gasteiger partial charge on any atom is 0.416 e. The van der Waals surface area contributed by atoms with Gasteiger partial charge in [-0.1, -0.05) is 0 Å². The minimum atomic E-state index is -4.48. The van der Waals surface area contributed by atoms with Gasteiger partial charge in [-0.25, -0.2) is 9.89 Å². The molecule has 7 nitrogen and oxygen atoms in total. The second-order valence-electron chi connectivity index (χ2n) is 5.12. The second kappa shape index (κ2) is 5.52. The maximum atomic E-state index is 12.7. The summed E-state index contributed by atoms with van der Waals surface area (Å²) in [7, 11) is 0. The van der Waals surface area contributed by atoms with E-state index < -0.39 is 11.7 Å². The largest absolute Gasteiger partial charge is 0.416 e. The highest BCUT2D eigenvalue weighted by molar-refractivity contribution is 5.78. The second-order valence-corrected chi connectivity index (χ2v) is 5.12. The van der Waals surface area contributed by atoms with Crippen LogP contribution in [0.25, 0.3) is 0 Å². The lowest BCUT2D eigenvalue weighted by Gasteiger charge is -2.26. The first kappa shape index (κ1) is 15.3. The van der Waals surface area contributed by atoms with Crippen LogP contribution in [0.4, 0.5) is 13.2 Å². The molecule has 0 saturated carbocycles. The van der Waals surface area contributed by atoms with Gasteiger partial charge in [0.25, 0.3) is 0 Å². The number of aromatic nitrogens is 4. The van der Waals surface area contributed by atoms with E-state index in [4.69, 9.17) is 0 Å². The summed E-state index contributed by atoms with van der Waals surface area (Å²) in [6.07, 6.45) is -3.68. The SMILES string of the molecule is O=C(Cc1cc(C(F)(F)F)ccn1)N1CCn2c(n[nH]c2=O)C1. The van der Waals surface area contributed by atoms with Crippen molar-refractivity contribution in [3.63, 3.8) is 0 Å². The van der Waals surface area contributed by atoms with Gasteiger partial charge in [-0.05, 0) is 12.1 Å². The normalized spacial score (nSPS) is 14.7. The van der Waals surface area contributed by atoms with E-state index >= 15 is 0 Å². The molecule has 0 aromatic carbocycles. The van der Waals surface area contributed by atoms with E-state index in [-0.39, 0.29) is 30.3 Å². The Kier molecular flexibility index (Phi) is 3.66. The lowest BCUT2D eigenvalue weighted by atomic mass is 10.1. The van der Waals surface area contributed by atoms with Gasteiger partial charge in [0.15, 0.2) is 5.82 Å². The van der Waals surface area contributed by atoms with Gasteiger partial charge in [-0.3, -0.25) is 14.3 Å². The van der Waals surface area contributed by atoms with Gasteiger partial charge in [0, 0.05) is 19.3 Å². The smallest absolute Gasteiger partial charge is 0.333 e. The minimum Gasteiger partial charge on any atom is -0.333 e. The van der Waals surface area contributed by atoms with Crippen LogP contribution in [0.15, 0.2) is 23.1 Å². The summed E-state index contributed by atoms with van der Waals surface area (Å²) in [6.45, 7) is 0.729. The molecule has 0 unspecified atom stereocenters. The van der Waals surface area contributed by atoms with Gasteiger partial charge in [0.1, 0.15) is 0 Å². The Bertz CT molecular complexity index is 795. The van der Waals surface area contributed by atoms with E-state index in [9.17, 15) is 22.8 Å². The number of pyridine rings is 1. The number of hydrogen-bond donors (Lipinski definition) is 1. The molecule has 0 saturated heterocycles. The van der Waals surface area contributed by atoms with E-state index in [0.29, 0.717) is 18.9 Å². The molecule has 0 atom stereocenters. The molecule has 0 spiro atoms. The molecule has 2 aromatic heterocycles. The van der Waals surface area contributed by atoms with Crippen LogP contribution in [-0.4, -0.2) is 37.1 Å². The van der Waals surface area contributed by atoms with Crippen molar-refractivity contribution in [1.82, 2.24) is 24.6 Å². The molecular weight excluding hydrogens is 315 g/mol. The maximum absolute atomic E-state index is 12.7. The molecule has 0 aliphatic carbocycles. The Hall–Kier alpha value is -2.65. The fourth-order valence-electron chi connectivity index (χ4n) is 2.40. The van der Waals surface area contributed by atoms with Gasteiger partial charge in [0.2, 0.25) is 5.91 Å². The number of H-pyrrole nitrogens is 1. The lowest BCUT2D eigenvalue weighted by Crippen LogP contribution is -2.41. The number of halogens is 3. The standard InChI is InChI=1S/C13H12F3N5O2/c14-13(15,16)8-1-2-17-9(5-8)6-11(22)20-3-4-21-10(7-20)18-19-12(21)23/h1-2,5H,3-4,6-7H2,(H,19,23). The van der Waals surface area contributed by atoms with Crippen molar-refractivity contribution >= 4 is 5.91 Å². The quantitative estimate of drug-likeness (QED) is 0.874. The van der Waals surface area contributed by atoms with Crippen molar-refractivity contribution in [2.24, 2.45) is 0 Å². The number of amides is 1. The van der Waals surface area contributed by atoms with Gasteiger partial charge in [-0.2, -0.15) is 18.3 Å². The van der Waals surface area contributed by atoms with Crippen LogP contribution in [-0.2, 0) is 30.5 Å². The Morgan fingerprint density at radius 2 is 2.13 bits per heavy atom. The average Bonchev–Trinajstić information content (AvgIpc) is 2.87. The molecule has 2 aromatic rings. The van der Waals surface area contributed by atoms with Crippen molar-refractivity contribution in [3.8, 4) is 0 Å². The summed E-state index contributed by atoms with van der Waals surface area (Å²) in [5, 5.41) is 6.10. The zero-order chi connectivity index (χ0) is 16.6. The molecular formula is C13H12F3N5O2. The number of carbonyl (C=O) groups is 1. The minimum absolute atomic E-state index is 0.0508. The van der Waals surface area contributed by atoms with Crippen LogP contribution in [0, 0.1) is 0 Å². The van der Waals surface area contributed by atoms with Crippen LogP contribution >= 0.6 is 0 Å². The number of rotatable bonds is 2. The molecule has 1 aliphatic heterocycles. The first-order chi connectivity index (χ1) is 10.8. The summed E-state index contributed by atoms with van der Waals surface area (Å²) in [5.74, 6) is 0.0603. The van der Waals surface area contributed by atoms with Crippen molar-refractivity contribution in [2.75, 3.05) is 6.54 Å². The molecule has 0 fully saturated rings. The Balaban J connectivity index is 1.72. The third-order valence-electron chi connectivity index (χ3n) is 3.59. The number of aromatic amines is 1. The molecule has 122 valence electrons. The zero-order valence-corrected chi connectivity index (χ0v) is 11.8. The number of carbonyl (C=O) groups excluding carboxylic acids is 1.